The summed E-state index contributed by atoms with van der Waals surface area (Å²) in [6.07, 6.45) is 4.21. The van der Waals surface area contributed by atoms with E-state index in [1.54, 1.807) is 6.33 Å². The lowest BCUT2D eigenvalue weighted by Crippen LogP contribution is -2.27. The fourth-order valence-electron chi connectivity index (χ4n) is 4.53. The summed E-state index contributed by atoms with van der Waals surface area (Å²) in [5.74, 6) is 2.90. The van der Waals surface area contributed by atoms with E-state index >= 15 is 0 Å². The number of rotatable bonds is 9. The van der Waals surface area contributed by atoms with Gasteiger partial charge in [-0.2, -0.15) is 9.97 Å². The third-order valence-electron chi connectivity index (χ3n) is 6.39. The van der Waals surface area contributed by atoms with Crippen molar-refractivity contribution >= 4 is 28.8 Å². The third-order valence-corrected chi connectivity index (χ3v) is 6.39. The lowest BCUT2D eigenvalue weighted by atomic mass is 10.2. The van der Waals surface area contributed by atoms with E-state index in [9.17, 15) is 4.79 Å². The predicted molar refractivity (Wildman–Crippen MR) is 135 cm³/mol. The van der Waals surface area contributed by atoms with Crippen LogP contribution in [0.3, 0.4) is 0 Å². The van der Waals surface area contributed by atoms with Crippen LogP contribution in [0.4, 0.5) is 11.8 Å². The molecule has 2 aliphatic heterocycles. The fourth-order valence-corrected chi connectivity index (χ4v) is 4.53. The number of imidazole rings is 1. The molecule has 0 spiro atoms. The third kappa shape index (κ3) is 4.49. The van der Waals surface area contributed by atoms with Crippen LogP contribution in [0.1, 0.15) is 24.8 Å². The molecule has 0 saturated carbocycles. The first kappa shape index (κ1) is 22.1. The Morgan fingerprint density at radius 1 is 1.00 bits per heavy atom. The van der Waals surface area contributed by atoms with Crippen LogP contribution >= 0.6 is 0 Å². The average Bonchev–Trinajstić information content (AvgIpc) is 3.65. The number of hydrogen-bond donors (Lipinski definition) is 2. The van der Waals surface area contributed by atoms with Crippen LogP contribution < -0.4 is 20.1 Å². The second kappa shape index (κ2) is 9.73. The van der Waals surface area contributed by atoms with Gasteiger partial charge in [0.05, 0.1) is 0 Å². The molecular formula is C26H27N7O3. The number of anilines is 2. The Hall–Kier alpha value is -4.34. The number of para-hydroxylation sites is 1. The molecule has 6 rings (SSSR count). The number of carbonyl (C=O) groups excluding carboxylic acids is 1. The number of likely N-dealkylation sites (tertiary alicyclic amines) is 1. The van der Waals surface area contributed by atoms with E-state index in [0.717, 1.165) is 48.7 Å². The Labute approximate surface area is 208 Å². The second-order valence-corrected chi connectivity index (χ2v) is 8.82. The molecule has 0 aliphatic carbocycles. The van der Waals surface area contributed by atoms with Crippen molar-refractivity contribution in [1.82, 2.24) is 24.4 Å². The van der Waals surface area contributed by atoms with Gasteiger partial charge in [0.1, 0.15) is 6.33 Å². The van der Waals surface area contributed by atoms with Gasteiger partial charge in [0.15, 0.2) is 28.5 Å². The molecule has 10 heteroatoms. The van der Waals surface area contributed by atoms with Crippen molar-refractivity contribution in [1.29, 1.82) is 0 Å². The first-order valence-electron chi connectivity index (χ1n) is 12.2. The number of fused-ring (bicyclic) bond motifs is 2. The maximum absolute atomic E-state index is 11.9. The van der Waals surface area contributed by atoms with Crippen LogP contribution in [-0.2, 0) is 11.3 Å². The van der Waals surface area contributed by atoms with Crippen LogP contribution in [-0.4, -0.2) is 56.8 Å². The fraction of sp³-hybridized carbons (Fsp3) is 0.308. The van der Waals surface area contributed by atoms with Gasteiger partial charge in [0.25, 0.3) is 0 Å². The molecule has 4 aromatic rings. The molecule has 1 saturated heterocycles. The van der Waals surface area contributed by atoms with Crippen molar-refractivity contribution in [2.24, 2.45) is 0 Å². The van der Waals surface area contributed by atoms with Crippen LogP contribution in [0.5, 0.6) is 11.5 Å². The van der Waals surface area contributed by atoms with Gasteiger partial charge in [0.2, 0.25) is 18.6 Å². The summed E-state index contributed by atoms with van der Waals surface area (Å²) in [5, 5.41) is 6.76. The van der Waals surface area contributed by atoms with Crippen LogP contribution in [0.15, 0.2) is 54.9 Å². The highest BCUT2D eigenvalue weighted by Crippen LogP contribution is 2.32. The highest BCUT2D eigenvalue weighted by Gasteiger charge is 2.20. The van der Waals surface area contributed by atoms with Gasteiger partial charge in [0, 0.05) is 38.3 Å². The van der Waals surface area contributed by atoms with Gasteiger partial charge in [-0.3, -0.25) is 9.36 Å². The molecule has 10 nitrogen and oxygen atoms in total. The molecule has 36 heavy (non-hydrogen) atoms. The summed E-state index contributed by atoms with van der Waals surface area (Å²) < 4.78 is 12.9. The van der Waals surface area contributed by atoms with Crippen LogP contribution in [0.2, 0.25) is 0 Å². The minimum atomic E-state index is 0.246. The van der Waals surface area contributed by atoms with E-state index in [-0.39, 0.29) is 12.7 Å². The van der Waals surface area contributed by atoms with Crippen LogP contribution in [0, 0.1) is 0 Å². The Morgan fingerprint density at radius 3 is 2.75 bits per heavy atom. The summed E-state index contributed by atoms with van der Waals surface area (Å²) in [6, 6.07) is 15.8. The maximum atomic E-state index is 11.9. The van der Waals surface area contributed by atoms with E-state index in [1.807, 2.05) is 58.0 Å². The SMILES string of the molecule is O=C1CCCN1CCCNc1nc(NCc2ccc3c(c2)OCO3)nc2c1ncn2-c1ccccc1. The molecule has 0 radical (unpaired) electrons. The minimum absolute atomic E-state index is 0.246. The normalized spacial score (nSPS) is 14.6. The van der Waals surface area contributed by atoms with E-state index in [4.69, 9.17) is 19.4 Å². The van der Waals surface area contributed by atoms with Crippen molar-refractivity contribution < 1.29 is 14.3 Å². The molecule has 2 N–H and O–H groups in total. The Balaban J connectivity index is 1.23. The monoisotopic (exact) mass is 485 g/mol. The van der Waals surface area contributed by atoms with E-state index in [0.29, 0.717) is 42.4 Å². The number of nitrogens with zero attached hydrogens (tertiary/aromatic N) is 5. The summed E-state index contributed by atoms with van der Waals surface area (Å²) in [4.78, 5) is 28.0. The molecule has 2 aromatic carbocycles. The molecular weight excluding hydrogens is 458 g/mol. The second-order valence-electron chi connectivity index (χ2n) is 8.82. The summed E-state index contributed by atoms with van der Waals surface area (Å²) in [6.45, 7) is 3.05. The van der Waals surface area contributed by atoms with Crippen molar-refractivity contribution in [3.8, 4) is 17.2 Å². The zero-order valence-electron chi connectivity index (χ0n) is 19.8. The number of carbonyl (C=O) groups is 1. The Kier molecular flexibility index (Phi) is 5.98. The predicted octanol–water partition coefficient (Wildman–Crippen LogP) is 3.58. The molecule has 0 bridgehead atoms. The van der Waals surface area contributed by atoms with Gasteiger partial charge < -0.3 is 25.0 Å². The molecule has 4 heterocycles. The van der Waals surface area contributed by atoms with Crippen molar-refractivity contribution in [2.75, 3.05) is 37.1 Å². The number of hydrogen-bond acceptors (Lipinski definition) is 8. The molecule has 0 unspecified atom stereocenters. The number of benzene rings is 2. The first-order chi connectivity index (χ1) is 17.7. The van der Waals surface area contributed by atoms with Gasteiger partial charge in [-0.05, 0) is 42.7 Å². The van der Waals surface area contributed by atoms with Gasteiger partial charge in [-0.25, -0.2) is 4.98 Å². The van der Waals surface area contributed by atoms with E-state index in [2.05, 4.69) is 15.6 Å². The topological polar surface area (TPSA) is 106 Å². The number of amides is 1. The van der Waals surface area contributed by atoms with Crippen LogP contribution in [0.25, 0.3) is 16.9 Å². The summed E-state index contributed by atoms with van der Waals surface area (Å²) in [7, 11) is 0. The number of aromatic nitrogens is 4. The zero-order chi connectivity index (χ0) is 24.3. The highest BCUT2D eigenvalue weighted by atomic mass is 16.7. The summed E-state index contributed by atoms with van der Waals surface area (Å²) in [5.41, 5.74) is 3.41. The standard InChI is InChI=1S/C26H27N7O3/c34-22-8-4-12-32(22)13-5-11-27-24-23-25(33(16-29-23)19-6-2-1-3-7-19)31-26(30-24)28-15-18-9-10-20-21(14-18)36-17-35-20/h1-3,6-7,9-10,14,16H,4-5,8,11-13,15,17H2,(H2,27,28,30,31). The lowest BCUT2D eigenvalue weighted by molar-refractivity contribution is -0.127. The van der Waals surface area contributed by atoms with Crippen molar-refractivity contribution in [3.05, 3.63) is 60.4 Å². The van der Waals surface area contributed by atoms with Gasteiger partial charge >= 0.3 is 0 Å². The highest BCUT2D eigenvalue weighted by molar-refractivity contribution is 5.85. The van der Waals surface area contributed by atoms with Crippen molar-refractivity contribution in [2.45, 2.75) is 25.8 Å². The molecule has 2 aliphatic rings. The number of nitrogens with one attached hydrogen (secondary N) is 2. The number of ether oxygens (including phenoxy) is 2. The average molecular weight is 486 g/mol. The zero-order valence-corrected chi connectivity index (χ0v) is 19.8. The maximum Gasteiger partial charge on any atom is 0.231 e. The quantitative estimate of drug-likeness (QED) is 0.347. The van der Waals surface area contributed by atoms with E-state index < -0.39 is 0 Å². The smallest absolute Gasteiger partial charge is 0.231 e. The van der Waals surface area contributed by atoms with Crippen molar-refractivity contribution in [3.63, 3.8) is 0 Å². The Morgan fingerprint density at radius 2 is 1.89 bits per heavy atom. The first-order valence-corrected chi connectivity index (χ1v) is 12.2. The largest absolute Gasteiger partial charge is 0.454 e. The molecule has 184 valence electrons. The molecule has 1 amide bonds. The van der Waals surface area contributed by atoms with Gasteiger partial charge in [-0.15, -0.1) is 0 Å². The molecule has 0 atom stereocenters. The molecule has 1 fully saturated rings. The summed E-state index contributed by atoms with van der Waals surface area (Å²) >= 11 is 0. The lowest BCUT2D eigenvalue weighted by Gasteiger charge is -2.16. The Bertz CT molecular complexity index is 1390. The van der Waals surface area contributed by atoms with E-state index in [1.165, 1.54) is 0 Å². The van der Waals surface area contributed by atoms with Gasteiger partial charge in [-0.1, -0.05) is 24.3 Å². The minimum Gasteiger partial charge on any atom is -0.454 e. The molecule has 2 aromatic heterocycles.